The van der Waals surface area contributed by atoms with E-state index < -0.39 is 0 Å². The fourth-order valence-electron chi connectivity index (χ4n) is 5.30. The molecule has 0 saturated carbocycles. The van der Waals surface area contributed by atoms with Crippen LogP contribution in [0.25, 0.3) is 0 Å². The molecule has 0 aliphatic carbocycles. The van der Waals surface area contributed by atoms with Gasteiger partial charge in [-0.05, 0) is 49.1 Å². The molecule has 3 aromatic rings. The summed E-state index contributed by atoms with van der Waals surface area (Å²) in [5.41, 5.74) is 6.70. The molecule has 3 heterocycles. The van der Waals surface area contributed by atoms with Crippen molar-refractivity contribution in [2.24, 2.45) is 0 Å². The molecule has 1 amide bonds. The molecule has 2 aliphatic rings. The second kappa shape index (κ2) is 11.1. The number of pyridine rings is 1. The smallest absolute Gasteiger partial charge is 0.254 e. The van der Waals surface area contributed by atoms with E-state index >= 15 is 0 Å². The fraction of sp³-hybridized carbons (Fsp3) is 0.400. The maximum atomic E-state index is 13.6. The molecule has 0 N–H and O–H groups in total. The molecule has 0 spiro atoms. The number of benzene rings is 2. The second-order valence-corrected chi connectivity index (χ2v) is 9.86. The van der Waals surface area contributed by atoms with Crippen molar-refractivity contribution < 1.29 is 9.53 Å². The first-order valence-corrected chi connectivity index (χ1v) is 12.8. The molecule has 5 rings (SSSR count). The van der Waals surface area contributed by atoms with Gasteiger partial charge in [0.15, 0.2) is 0 Å². The van der Waals surface area contributed by atoms with Crippen LogP contribution in [0.3, 0.4) is 0 Å². The van der Waals surface area contributed by atoms with Gasteiger partial charge in [0.2, 0.25) is 0 Å². The van der Waals surface area contributed by atoms with E-state index in [2.05, 4.69) is 60.4 Å². The minimum atomic E-state index is 0.148. The minimum absolute atomic E-state index is 0.148. The van der Waals surface area contributed by atoms with Gasteiger partial charge in [-0.3, -0.25) is 14.7 Å². The largest absolute Gasteiger partial charge is 0.379 e. The van der Waals surface area contributed by atoms with E-state index in [1.54, 1.807) is 0 Å². The Kier molecular flexibility index (Phi) is 7.55. The van der Waals surface area contributed by atoms with Crippen molar-refractivity contribution in [1.82, 2.24) is 14.8 Å². The number of nitrogens with zero attached hydrogens (tertiary/aromatic N) is 3. The van der Waals surface area contributed by atoms with Gasteiger partial charge in [-0.15, -0.1) is 0 Å². The average molecular weight is 470 g/mol. The molecule has 2 aliphatic heterocycles. The monoisotopic (exact) mass is 469 g/mol. The van der Waals surface area contributed by atoms with Gasteiger partial charge in [0.05, 0.1) is 13.2 Å². The van der Waals surface area contributed by atoms with Crippen molar-refractivity contribution in [1.29, 1.82) is 0 Å². The van der Waals surface area contributed by atoms with Crippen LogP contribution in [0, 0.1) is 6.92 Å². The number of amides is 1. The van der Waals surface area contributed by atoms with Crippen molar-refractivity contribution in [3.63, 3.8) is 0 Å². The maximum Gasteiger partial charge on any atom is 0.254 e. The molecule has 35 heavy (non-hydrogen) atoms. The number of aromatic nitrogens is 1. The SMILES string of the molecule is Cc1cccc(Cc2cccc([C@H]3CCCN(C(=O)c4ccccc4CN4CCOCC4)C3)n2)c1. The minimum Gasteiger partial charge on any atom is -0.379 e. The molecule has 0 radical (unpaired) electrons. The molecule has 2 aromatic carbocycles. The molecule has 182 valence electrons. The van der Waals surface area contributed by atoms with E-state index in [1.807, 2.05) is 23.1 Å². The van der Waals surface area contributed by atoms with Gasteiger partial charge < -0.3 is 9.64 Å². The predicted molar refractivity (Wildman–Crippen MR) is 139 cm³/mol. The summed E-state index contributed by atoms with van der Waals surface area (Å²) in [5.74, 6) is 0.422. The Morgan fingerprint density at radius 2 is 1.83 bits per heavy atom. The number of carbonyl (C=O) groups is 1. The highest BCUT2D eigenvalue weighted by molar-refractivity contribution is 5.95. The number of morpholine rings is 1. The quantitative estimate of drug-likeness (QED) is 0.519. The lowest BCUT2D eigenvalue weighted by Crippen LogP contribution is -2.40. The number of piperidine rings is 1. The first-order chi connectivity index (χ1) is 17.2. The van der Waals surface area contributed by atoms with Crippen LogP contribution in [0.1, 0.15) is 57.2 Å². The molecule has 2 saturated heterocycles. The van der Waals surface area contributed by atoms with E-state index in [4.69, 9.17) is 9.72 Å². The van der Waals surface area contributed by atoms with Crippen LogP contribution in [-0.2, 0) is 17.7 Å². The Morgan fingerprint density at radius 3 is 2.69 bits per heavy atom. The zero-order valence-electron chi connectivity index (χ0n) is 20.7. The summed E-state index contributed by atoms with van der Waals surface area (Å²) in [6.45, 7) is 7.82. The van der Waals surface area contributed by atoms with Crippen LogP contribution >= 0.6 is 0 Å². The van der Waals surface area contributed by atoms with Gasteiger partial charge in [-0.1, -0.05) is 54.1 Å². The third-order valence-electron chi connectivity index (χ3n) is 7.17. The molecular weight excluding hydrogens is 434 g/mol. The van der Waals surface area contributed by atoms with Crippen molar-refractivity contribution in [2.75, 3.05) is 39.4 Å². The molecule has 2 fully saturated rings. The standard InChI is InChI=1S/C30H35N3O2/c1-23-7-4-8-24(19-23)20-27-11-5-13-29(31-27)26-10-6-14-33(22-26)30(34)28-12-3-2-9-25(28)21-32-15-17-35-18-16-32/h2-5,7-9,11-13,19,26H,6,10,14-18,20-22H2,1H3/t26-/m0/s1. The van der Waals surface area contributed by atoms with E-state index in [-0.39, 0.29) is 11.8 Å². The maximum absolute atomic E-state index is 13.6. The lowest BCUT2D eigenvalue weighted by Gasteiger charge is -2.33. The molecule has 5 nitrogen and oxygen atoms in total. The molecule has 1 atom stereocenters. The summed E-state index contributed by atoms with van der Waals surface area (Å²) in [4.78, 5) is 23.1. The Hall–Kier alpha value is -3.02. The summed E-state index contributed by atoms with van der Waals surface area (Å²) >= 11 is 0. The Bertz CT molecular complexity index is 1160. The summed E-state index contributed by atoms with van der Waals surface area (Å²) in [7, 11) is 0. The summed E-state index contributed by atoms with van der Waals surface area (Å²) in [6, 6.07) is 23.1. The number of aryl methyl sites for hydroxylation is 1. The van der Waals surface area contributed by atoms with E-state index in [9.17, 15) is 4.79 Å². The van der Waals surface area contributed by atoms with Crippen molar-refractivity contribution in [3.05, 3.63) is 100 Å². The van der Waals surface area contributed by atoms with Gasteiger partial charge in [-0.2, -0.15) is 0 Å². The first kappa shape index (κ1) is 23.7. The molecular formula is C30H35N3O2. The summed E-state index contributed by atoms with van der Waals surface area (Å²) < 4.78 is 5.49. The van der Waals surface area contributed by atoms with Gasteiger partial charge in [-0.25, -0.2) is 0 Å². The van der Waals surface area contributed by atoms with Crippen LogP contribution in [0.15, 0.2) is 66.7 Å². The van der Waals surface area contributed by atoms with Gasteiger partial charge in [0.25, 0.3) is 5.91 Å². The number of ether oxygens (including phenoxy) is 1. The zero-order chi connectivity index (χ0) is 24.0. The highest BCUT2D eigenvalue weighted by Crippen LogP contribution is 2.28. The lowest BCUT2D eigenvalue weighted by atomic mass is 9.93. The highest BCUT2D eigenvalue weighted by atomic mass is 16.5. The van der Waals surface area contributed by atoms with Crippen LogP contribution in [0.5, 0.6) is 0 Å². The first-order valence-electron chi connectivity index (χ1n) is 12.8. The van der Waals surface area contributed by atoms with E-state index in [0.717, 1.165) is 87.7 Å². The van der Waals surface area contributed by atoms with Gasteiger partial charge >= 0.3 is 0 Å². The normalized spacial score (nSPS) is 19.0. The topological polar surface area (TPSA) is 45.7 Å². The predicted octanol–water partition coefficient (Wildman–Crippen LogP) is 4.83. The summed E-state index contributed by atoms with van der Waals surface area (Å²) in [6.07, 6.45) is 2.91. The average Bonchev–Trinajstić information content (AvgIpc) is 2.89. The number of rotatable bonds is 6. The Labute approximate surface area is 208 Å². The molecule has 1 aromatic heterocycles. The molecule has 5 heteroatoms. The highest BCUT2D eigenvalue weighted by Gasteiger charge is 2.28. The second-order valence-electron chi connectivity index (χ2n) is 9.86. The van der Waals surface area contributed by atoms with Crippen LogP contribution < -0.4 is 0 Å². The number of carbonyl (C=O) groups excluding carboxylic acids is 1. The van der Waals surface area contributed by atoms with Gasteiger partial charge in [0, 0.05) is 62.0 Å². The van der Waals surface area contributed by atoms with Crippen LogP contribution in [0.2, 0.25) is 0 Å². The third-order valence-corrected chi connectivity index (χ3v) is 7.17. The van der Waals surface area contributed by atoms with Crippen molar-refractivity contribution >= 4 is 5.91 Å². The lowest BCUT2D eigenvalue weighted by molar-refractivity contribution is 0.0339. The number of hydrogen-bond acceptors (Lipinski definition) is 4. The molecule has 0 unspecified atom stereocenters. The van der Waals surface area contributed by atoms with E-state index in [0.29, 0.717) is 0 Å². The third kappa shape index (κ3) is 5.98. The van der Waals surface area contributed by atoms with Crippen LogP contribution in [0.4, 0.5) is 0 Å². The van der Waals surface area contributed by atoms with Crippen molar-refractivity contribution in [2.45, 2.75) is 38.6 Å². The Morgan fingerprint density at radius 1 is 1.00 bits per heavy atom. The summed E-state index contributed by atoms with van der Waals surface area (Å²) in [5, 5.41) is 0. The van der Waals surface area contributed by atoms with Gasteiger partial charge in [0.1, 0.15) is 0 Å². The van der Waals surface area contributed by atoms with Crippen LogP contribution in [-0.4, -0.2) is 60.1 Å². The number of likely N-dealkylation sites (tertiary alicyclic amines) is 1. The van der Waals surface area contributed by atoms with Crippen molar-refractivity contribution in [3.8, 4) is 0 Å². The zero-order valence-corrected chi connectivity index (χ0v) is 20.7. The van der Waals surface area contributed by atoms with E-state index in [1.165, 1.54) is 11.1 Å². The fourth-order valence-corrected chi connectivity index (χ4v) is 5.30. The Balaban J connectivity index is 1.29. The molecule has 0 bridgehead atoms. The number of hydrogen-bond donors (Lipinski definition) is 0.